The Morgan fingerprint density at radius 3 is 2.96 bits per heavy atom. The molecule has 0 bridgehead atoms. The van der Waals surface area contributed by atoms with Crippen LogP contribution in [-0.4, -0.2) is 38.9 Å². The van der Waals surface area contributed by atoms with E-state index in [9.17, 15) is 14.9 Å². The molecule has 1 heterocycles. The van der Waals surface area contributed by atoms with E-state index in [4.69, 9.17) is 5.11 Å². The largest absolute Gasteiger partial charge is 0.395 e. The summed E-state index contributed by atoms with van der Waals surface area (Å²) in [5.41, 5.74) is 1.65. The number of rotatable bonds is 7. The number of hydrogen-bond donors (Lipinski definition) is 3. The number of aliphatic hydroxyl groups is 1. The van der Waals surface area contributed by atoms with Gasteiger partial charge < -0.3 is 15.7 Å². The number of amides is 1. The Labute approximate surface area is 132 Å². The van der Waals surface area contributed by atoms with Gasteiger partial charge in [-0.1, -0.05) is 6.07 Å². The average Bonchev–Trinajstić information content (AvgIpc) is 2.93. The molecule has 0 unspecified atom stereocenters. The van der Waals surface area contributed by atoms with Crippen molar-refractivity contribution in [3.05, 3.63) is 46.3 Å². The van der Waals surface area contributed by atoms with E-state index in [1.165, 1.54) is 16.9 Å². The second-order valence-corrected chi connectivity index (χ2v) is 4.90. The van der Waals surface area contributed by atoms with Gasteiger partial charge in [-0.25, -0.2) is 0 Å². The zero-order valence-electron chi connectivity index (χ0n) is 12.5. The normalized spacial score (nSPS) is 10.3. The van der Waals surface area contributed by atoms with Gasteiger partial charge in [0.2, 0.25) is 5.91 Å². The highest BCUT2D eigenvalue weighted by atomic mass is 16.6. The van der Waals surface area contributed by atoms with Gasteiger partial charge in [-0.15, -0.1) is 0 Å². The highest BCUT2D eigenvalue weighted by Crippen LogP contribution is 2.28. The smallest absolute Gasteiger partial charge is 0.292 e. The molecule has 3 N–H and O–H groups in total. The SMILES string of the molecule is Cc1ccc(Nc2cnn(CC(=O)NCCO)c2)c([N+](=O)[O-])c1. The molecule has 23 heavy (non-hydrogen) atoms. The molecule has 0 aliphatic heterocycles. The van der Waals surface area contributed by atoms with Crippen LogP contribution in [0.4, 0.5) is 17.1 Å². The highest BCUT2D eigenvalue weighted by Gasteiger charge is 2.14. The number of aryl methyl sites for hydroxylation is 1. The van der Waals surface area contributed by atoms with Crippen molar-refractivity contribution in [1.82, 2.24) is 15.1 Å². The maximum atomic E-state index is 11.5. The summed E-state index contributed by atoms with van der Waals surface area (Å²) in [6.07, 6.45) is 3.05. The minimum atomic E-state index is -0.456. The predicted octanol–water partition coefficient (Wildman–Crippen LogP) is 0.952. The lowest BCUT2D eigenvalue weighted by Crippen LogP contribution is -2.30. The van der Waals surface area contributed by atoms with E-state index in [-0.39, 0.29) is 31.3 Å². The molecular formula is C14H17N5O4. The van der Waals surface area contributed by atoms with E-state index in [0.717, 1.165) is 5.56 Å². The third kappa shape index (κ3) is 4.51. The molecular weight excluding hydrogens is 302 g/mol. The van der Waals surface area contributed by atoms with Gasteiger partial charge >= 0.3 is 0 Å². The fourth-order valence-electron chi connectivity index (χ4n) is 1.97. The summed E-state index contributed by atoms with van der Waals surface area (Å²) in [5.74, 6) is -0.282. The molecule has 1 aromatic heterocycles. The van der Waals surface area contributed by atoms with Crippen molar-refractivity contribution < 1.29 is 14.8 Å². The first-order valence-electron chi connectivity index (χ1n) is 6.91. The Kier molecular flexibility index (Phi) is 5.26. The van der Waals surface area contributed by atoms with Gasteiger partial charge in [0, 0.05) is 18.8 Å². The van der Waals surface area contributed by atoms with Crippen LogP contribution < -0.4 is 10.6 Å². The fraction of sp³-hybridized carbons (Fsp3) is 0.286. The van der Waals surface area contributed by atoms with Crippen molar-refractivity contribution in [1.29, 1.82) is 0 Å². The molecule has 2 aromatic rings. The quantitative estimate of drug-likeness (QED) is 0.516. The summed E-state index contributed by atoms with van der Waals surface area (Å²) < 4.78 is 1.40. The molecule has 0 saturated heterocycles. The number of benzene rings is 1. The van der Waals surface area contributed by atoms with Crippen LogP contribution in [0, 0.1) is 17.0 Å². The van der Waals surface area contributed by atoms with Gasteiger partial charge in [0.15, 0.2) is 0 Å². The number of nitrogens with one attached hydrogen (secondary N) is 2. The monoisotopic (exact) mass is 319 g/mol. The number of nitrogens with zero attached hydrogens (tertiary/aromatic N) is 3. The van der Waals surface area contributed by atoms with Crippen LogP contribution in [0.3, 0.4) is 0 Å². The molecule has 0 saturated carbocycles. The summed E-state index contributed by atoms with van der Waals surface area (Å²) in [7, 11) is 0. The molecule has 2 rings (SSSR count). The lowest BCUT2D eigenvalue weighted by atomic mass is 10.2. The summed E-state index contributed by atoms with van der Waals surface area (Å²) in [6, 6.07) is 4.87. The lowest BCUT2D eigenvalue weighted by molar-refractivity contribution is -0.384. The Morgan fingerprint density at radius 1 is 1.48 bits per heavy atom. The number of nitro groups is 1. The molecule has 0 spiro atoms. The van der Waals surface area contributed by atoms with Gasteiger partial charge in [0.05, 0.1) is 23.4 Å². The van der Waals surface area contributed by atoms with E-state index in [2.05, 4.69) is 15.7 Å². The first kappa shape index (κ1) is 16.4. The number of nitro benzene ring substituents is 1. The summed E-state index contributed by atoms with van der Waals surface area (Å²) in [5, 5.41) is 29.2. The van der Waals surface area contributed by atoms with Crippen LogP contribution in [-0.2, 0) is 11.3 Å². The highest BCUT2D eigenvalue weighted by molar-refractivity contribution is 5.76. The number of aromatic nitrogens is 2. The summed E-state index contributed by atoms with van der Waals surface area (Å²) >= 11 is 0. The van der Waals surface area contributed by atoms with Crippen molar-refractivity contribution in [3.8, 4) is 0 Å². The van der Waals surface area contributed by atoms with Crippen LogP contribution in [0.5, 0.6) is 0 Å². The van der Waals surface area contributed by atoms with Gasteiger partial charge in [0.1, 0.15) is 12.2 Å². The van der Waals surface area contributed by atoms with Crippen molar-refractivity contribution in [2.75, 3.05) is 18.5 Å². The predicted molar refractivity (Wildman–Crippen MR) is 83.4 cm³/mol. The van der Waals surface area contributed by atoms with E-state index in [1.807, 2.05) is 0 Å². The van der Waals surface area contributed by atoms with Crippen molar-refractivity contribution in [2.45, 2.75) is 13.5 Å². The zero-order valence-corrected chi connectivity index (χ0v) is 12.5. The summed E-state index contributed by atoms with van der Waals surface area (Å²) in [4.78, 5) is 22.2. The van der Waals surface area contributed by atoms with Crippen LogP contribution in [0.15, 0.2) is 30.6 Å². The molecule has 1 amide bonds. The number of hydrogen-bond acceptors (Lipinski definition) is 6. The third-order valence-corrected chi connectivity index (χ3v) is 3.00. The standard InChI is InChI=1S/C14H17N5O4/c1-10-2-3-12(13(6-10)19(22)23)17-11-7-16-18(8-11)9-14(21)15-4-5-20/h2-3,6-8,17,20H,4-5,9H2,1H3,(H,15,21). The van der Waals surface area contributed by atoms with Crippen molar-refractivity contribution in [3.63, 3.8) is 0 Å². The molecule has 122 valence electrons. The molecule has 0 aliphatic rings. The average molecular weight is 319 g/mol. The van der Waals surface area contributed by atoms with E-state index >= 15 is 0 Å². The molecule has 9 heteroatoms. The van der Waals surface area contributed by atoms with Crippen LogP contribution >= 0.6 is 0 Å². The zero-order chi connectivity index (χ0) is 16.8. The maximum absolute atomic E-state index is 11.5. The second-order valence-electron chi connectivity index (χ2n) is 4.90. The summed E-state index contributed by atoms with van der Waals surface area (Å²) in [6.45, 7) is 1.83. The maximum Gasteiger partial charge on any atom is 0.292 e. The minimum Gasteiger partial charge on any atom is -0.395 e. The van der Waals surface area contributed by atoms with E-state index < -0.39 is 4.92 Å². The third-order valence-electron chi connectivity index (χ3n) is 3.00. The number of anilines is 2. The van der Waals surface area contributed by atoms with Crippen LogP contribution in [0.2, 0.25) is 0 Å². The fourth-order valence-corrected chi connectivity index (χ4v) is 1.97. The second kappa shape index (κ2) is 7.36. The topological polar surface area (TPSA) is 122 Å². The Balaban J connectivity index is 2.07. The van der Waals surface area contributed by atoms with Gasteiger partial charge in [-0.2, -0.15) is 5.10 Å². The van der Waals surface area contributed by atoms with E-state index in [1.54, 1.807) is 25.3 Å². The van der Waals surface area contributed by atoms with Crippen LogP contribution in [0.25, 0.3) is 0 Å². The Hall–Kier alpha value is -2.94. The van der Waals surface area contributed by atoms with E-state index in [0.29, 0.717) is 11.4 Å². The molecule has 0 radical (unpaired) electrons. The van der Waals surface area contributed by atoms with Gasteiger partial charge in [0.25, 0.3) is 5.69 Å². The van der Waals surface area contributed by atoms with Crippen LogP contribution in [0.1, 0.15) is 5.56 Å². The number of carbonyl (C=O) groups is 1. The Morgan fingerprint density at radius 2 is 2.26 bits per heavy atom. The van der Waals surface area contributed by atoms with Gasteiger partial charge in [-0.3, -0.25) is 19.6 Å². The first-order chi connectivity index (χ1) is 11.0. The molecule has 9 nitrogen and oxygen atoms in total. The van der Waals surface area contributed by atoms with Crippen molar-refractivity contribution >= 4 is 23.0 Å². The van der Waals surface area contributed by atoms with Gasteiger partial charge in [-0.05, 0) is 18.6 Å². The lowest BCUT2D eigenvalue weighted by Gasteiger charge is -2.05. The molecule has 0 atom stereocenters. The number of carbonyl (C=O) groups excluding carboxylic acids is 1. The molecule has 0 aliphatic carbocycles. The van der Waals surface area contributed by atoms with Crippen molar-refractivity contribution in [2.24, 2.45) is 0 Å². The molecule has 0 fully saturated rings. The first-order valence-corrected chi connectivity index (χ1v) is 6.91. The molecule has 1 aromatic carbocycles. The Bertz CT molecular complexity index is 713. The minimum absolute atomic E-state index is 0.00231. The number of aliphatic hydroxyl groups excluding tert-OH is 1.